The minimum Gasteiger partial charge on any atom is -0.480 e. The van der Waals surface area contributed by atoms with E-state index < -0.39 is 23.2 Å². The Labute approximate surface area is 164 Å². The summed E-state index contributed by atoms with van der Waals surface area (Å²) < 4.78 is 10.9. The van der Waals surface area contributed by atoms with Crippen LogP contribution < -0.4 is 4.74 Å². The van der Waals surface area contributed by atoms with Crippen LogP contribution >= 0.6 is 27.7 Å². The molecule has 2 rings (SSSR count). The Morgan fingerprint density at radius 3 is 2.81 bits per heavy atom. The number of amides is 2. The van der Waals surface area contributed by atoms with Gasteiger partial charge in [0.2, 0.25) is 0 Å². The van der Waals surface area contributed by atoms with Crippen LogP contribution in [0, 0.1) is 12.3 Å². The van der Waals surface area contributed by atoms with Gasteiger partial charge in [-0.1, -0.05) is 12.0 Å². The van der Waals surface area contributed by atoms with Crippen molar-refractivity contribution >= 4 is 50.9 Å². The fraction of sp³-hybridized carbons (Fsp3) is 0.278. The van der Waals surface area contributed by atoms with E-state index in [9.17, 15) is 14.4 Å². The standard InChI is InChI=1S/C18H16BrNO5S/c1-4-8-25-14-7-6-12(9-13(14)19)10-15-16(21)20(18(23)26-15)11(3)17(22)24-5-2/h1,6-7,9-11H,5,8H2,2-3H3/b15-10+/t11-/m0/s1. The maximum Gasteiger partial charge on any atom is 0.329 e. The molecule has 1 atom stereocenters. The minimum absolute atomic E-state index is 0.141. The number of benzene rings is 1. The lowest BCUT2D eigenvalue weighted by Gasteiger charge is -2.19. The molecule has 2 amide bonds. The van der Waals surface area contributed by atoms with Crippen molar-refractivity contribution in [3.8, 4) is 18.1 Å². The van der Waals surface area contributed by atoms with Crippen molar-refractivity contribution < 1.29 is 23.9 Å². The number of hydrogen-bond donors (Lipinski definition) is 0. The van der Waals surface area contributed by atoms with E-state index in [-0.39, 0.29) is 18.1 Å². The predicted molar refractivity (Wildman–Crippen MR) is 102 cm³/mol. The van der Waals surface area contributed by atoms with Gasteiger partial charge in [0.1, 0.15) is 18.4 Å². The van der Waals surface area contributed by atoms with E-state index in [2.05, 4.69) is 21.9 Å². The Morgan fingerprint density at radius 1 is 1.46 bits per heavy atom. The number of hydrogen-bond acceptors (Lipinski definition) is 6. The Hall–Kier alpha value is -2.24. The Morgan fingerprint density at radius 2 is 2.19 bits per heavy atom. The Bertz CT molecular complexity index is 814. The van der Waals surface area contributed by atoms with E-state index in [1.165, 1.54) is 6.92 Å². The van der Waals surface area contributed by atoms with Gasteiger partial charge in [-0.2, -0.15) is 0 Å². The summed E-state index contributed by atoms with van der Waals surface area (Å²) in [6.45, 7) is 3.44. The van der Waals surface area contributed by atoms with Gasteiger partial charge in [0.05, 0.1) is 16.0 Å². The maximum absolute atomic E-state index is 12.5. The van der Waals surface area contributed by atoms with Gasteiger partial charge in [-0.15, -0.1) is 6.42 Å². The maximum atomic E-state index is 12.5. The molecule has 0 bridgehead atoms. The van der Waals surface area contributed by atoms with Crippen LogP contribution in [0.4, 0.5) is 4.79 Å². The number of carbonyl (C=O) groups excluding carboxylic acids is 3. The SMILES string of the molecule is C#CCOc1ccc(/C=C2/SC(=O)N([C@@H](C)C(=O)OCC)C2=O)cc1Br. The van der Waals surface area contributed by atoms with Crippen LogP contribution in [0.5, 0.6) is 5.75 Å². The van der Waals surface area contributed by atoms with Crippen molar-refractivity contribution in [3.63, 3.8) is 0 Å². The third kappa shape index (κ3) is 4.48. The van der Waals surface area contributed by atoms with E-state index in [4.69, 9.17) is 15.9 Å². The molecule has 0 saturated carbocycles. The molecule has 0 radical (unpaired) electrons. The summed E-state index contributed by atoms with van der Waals surface area (Å²) in [5.41, 5.74) is 0.694. The van der Waals surface area contributed by atoms with Gasteiger partial charge in [0.25, 0.3) is 11.1 Å². The first-order chi connectivity index (χ1) is 12.4. The molecule has 0 N–H and O–H groups in total. The molecule has 1 aliphatic heterocycles. The average Bonchev–Trinajstić information content (AvgIpc) is 2.87. The molecule has 136 valence electrons. The summed E-state index contributed by atoms with van der Waals surface area (Å²) in [6.07, 6.45) is 6.74. The highest BCUT2D eigenvalue weighted by atomic mass is 79.9. The van der Waals surface area contributed by atoms with Gasteiger partial charge < -0.3 is 9.47 Å². The fourth-order valence-electron chi connectivity index (χ4n) is 2.18. The summed E-state index contributed by atoms with van der Waals surface area (Å²) in [5, 5.41) is -0.505. The molecule has 1 saturated heterocycles. The quantitative estimate of drug-likeness (QED) is 0.385. The van der Waals surface area contributed by atoms with E-state index >= 15 is 0 Å². The van der Waals surface area contributed by atoms with Crippen molar-refractivity contribution in [1.82, 2.24) is 4.90 Å². The number of imide groups is 1. The molecule has 0 spiro atoms. The molecule has 0 unspecified atom stereocenters. The monoisotopic (exact) mass is 437 g/mol. The Balaban J connectivity index is 2.21. The second-order valence-corrected chi connectivity index (χ2v) is 7.01. The van der Waals surface area contributed by atoms with Crippen LogP contribution in [-0.4, -0.2) is 41.3 Å². The minimum atomic E-state index is -0.973. The number of terminal acetylenes is 1. The molecular weight excluding hydrogens is 422 g/mol. The van der Waals surface area contributed by atoms with E-state index in [1.54, 1.807) is 31.2 Å². The molecule has 0 aliphatic carbocycles. The number of ether oxygens (including phenoxy) is 2. The van der Waals surface area contributed by atoms with Crippen LogP contribution in [-0.2, 0) is 14.3 Å². The predicted octanol–water partition coefficient (Wildman–Crippen LogP) is 3.45. The van der Waals surface area contributed by atoms with Gasteiger partial charge in [-0.25, -0.2) is 4.79 Å². The van der Waals surface area contributed by atoms with E-state index in [0.29, 0.717) is 15.8 Å². The summed E-state index contributed by atoms with van der Waals surface area (Å²) in [7, 11) is 0. The largest absolute Gasteiger partial charge is 0.480 e. The van der Waals surface area contributed by atoms with Crippen LogP contribution in [0.25, 0.3) is 6.08 Å². The molecule has 6 nitrogen and oxygen atoms in total. The lowest BCUT2D eigenvalue weighted by Crippen LogP contribution is -2.42. The molecule has 8 heteroatoms. The third-order valence-electron chi connectivity index (χ3n) is 3.40. The smallest absolute Gasteiger partial charge is 0.329 e. The zero-order valence-corrected chi connectivity index (χ0v) is 16.6. The van der Waals surface area contributed by atoms with E-state index in [1.807, 2.05) is 0 Å². The third-order valence-corrected chi connectivity index (χ3v) is 4.91. The first-order valence-corrected chi connectivity index (χ1v) is 9.29. The number of nitrogens with zero attached hydrogens (tertiary/aromatic N) is 1. The molecule has 1 fully saturated rings. The fourth-order valence-corrected chi connectivity index (χ4v) is 3.60. The molecular formula is C18H16BrNO5S. The van der Waals surface area contributed by atoms with Crippen molar-refractivity contribution in [2.75, 3.05) is 13.2 Å². The zero-order chi connectivity index (χ0) is 19.3. The molecule has 0 aromatic heterocycles. The molecule has 1 aromatic rings. The highest BCUT2D eigenvalue weighted by molar-refractivity contribution is 9.10. The normalized spacial score (nSPS) is 16.5. The lowest BCUT2D eigenvalue weighted by atomic mass is 10.2. The van der Waals surface area contributed by atoms with Gasteiger partial charge in [-0.05, 0) is 65.3 Å². The van der Waals surface area contributed by atoms with Crippen molar-refractivity contribution in [1.29, 1.82) is 0 Å². The number of carbonyl (C=O) groups is 3. The summed E-state index contributed by atoms with van der Waals surface area (Å²) in [6, 6.07) is 4.21. The van der Waals surface area contributed by atoms with Gasteiger partial charge >= 0.3 is 5.97 Å². The van der Waals surface area contributed by atoms with Crippen LogP contribution in [0.1, 0.15) is 19.4 Å². The second kappa shape index (κ2) is 8.92. The molecule has 1 aliphatic rings. The zero-order valence-electron chi connectivity index (χ0n) is 14.2. The Kier molecular flexibility index (Phi) is 6.89. The number of halogens is 1. The second-order valence-electron chi connectivity index (χ2n) is 5.16. The van der Waals surface area contributed by atoms with Crippen LogP contribution in [0.3, 0.4) is 0 Å². The highest BCUT2D eigenvalue weighted by Crippen LogP contribution is 2.35. The van der Waals surface area contributed by atoms with Gasteiger partial charge in [-0.3, -0.25) is 14.5 Å². The van der Waals surface area contributed by atoms with E-state index in [0.717, 1.165) is 16.7 Å². The summed E-state index contributed by atoms with van der Waals surface area (Å²) in [4.78, 5) is 37.6. The van der Waals surface area contributed by atoms with Crippen molar-refractivity contribution in [2.45, 2.75) is 19.9 Å². The van der Waals surface area contributed by atoms with Crippen LogP contribution in [0.2, 0.25) is 0 Å². The molecule has 1 heterocycles. The van der Waals surface area contributed by atoms with Crippen molar-refractivity contribution in [3.05, 3.63) is 33.1 Å². The number of thioether (sulfide) groups is 1. The average molecular weight is 438 g/mol. The lowest BCUT2D eigenvalue weighted by molar-refractivity contribution is -0.150. The molecule has 1 aromatic carbocycles. The number of esters is 1. The van der Waals surface area contributed by atoms with Gasteiger partial charge in [0, 0.05) is 0 Å². The molecule has 26 heavy (non-hydrogen) atoms. The topological polar surface area (TPSA) is 72.9 Å². The first-order valence-electron chi connectivity index (χ1n) is 7.68. The number of rotatable bonds is 6. The summed E-state index contributed by atoms with van der Waals surface area (Å²) in [5.74, 6) is 1.81. The van der Waals surface area contributed by atoms with Crippen LogP contribution in [0.15, 0.2) is 27.6 Å². The van der Waals surface area contributed by atoms with Gasteiger partial charge in [0.15, 0.2) is 0 Å². The highest BCUT2D eigenvalue weighted by Gasteiger charge is 2.41. The summed E-state index contributed by atoms with van der Waals surface area (Å²) >= 11 is 4.15. The van der Waals surface area contributed by atoms with Crippen molar-refractivity contribution in [2.24, 2.45) is 0 Å². The first kappa shape index (κ1) is 20.1.